The Morgan fingerprint density at radius 3 is 2.36 bits per heavy atom. The van der Waals surface area contributed by atoms with Crippen molar-refractivity contribution in [3.63, 3.8) is 0 Å². The Kier molecular flexibility index (Phi) is 7.24. The molecule has 0 fully saturated rings. The molecule has 0 amide bonds. The summed E-state index contributed by atoms with van der Waals surface area (Å²) in [6.45, 7) is 1.71. The first kappa shape index (κ1) is 24.3. The molecule has 0 spiro atoms. The van der Waals surface area contributed by atoms with Crippen LogP contribution < -0.4 is 9.73 Å². The molecule has 4 rings (SSSR count). The topological polar surface area (TPSA) is 61.8 Å². The third-order valence-corrected chi connectivity index (χ3v) is 8.10. The minimum atomic E-state index is -3.78. The minimum Gasteiger partial charge on any atom is -0.256 e. The van der Waals surface area contributed by atoms with Crippen LogP contribution in [0.25, 0.3) is 0 Å². The van der Waals surface area contributed by atoms with Crippen LogP contribution in [0.4, 0.5) is 5.69 Å². The smallest absolute Gasteiger partial charge is 0.241 e. The van der Waals surface area contributed by atoms with E-state index in [-0.39, 0.29) is 17.5 Å². The number of sulfonamides is 1. The normalized spacial score (nSPS) is 16.2. The van der Waals surface area contributed by atoms with Gasteiger partial charge in [0.05, 0.1) is 33.9 Å². The van der Waals surface area contributed by atoms with Crippen molar-refractivity contribution in [1.29, 1.82) is 0 Å². The molecule has 0 radical (unpaired) electrons. The first-order chi connectivity index (χ1) is 15.7. The van der Waals surface area contributed by atoms with Gasteiger partial charge in [-0.1, -0.05) is 64.6 Å². The number of nitrogens with one attached hydrogen (secondary N) is 1. The van der Waals surface area contributed by atoms with Crippen molar-refractivity contribution in [1.82, 2.24) is 4.72 Å². The fourth-order valence-corrected chi connectivity index (χ4v) is 5.78. The predicted molar refractivity (Wildman–Crippen MR) is 137 cm³/mol. The maximum atomic E-state index is 12.9. The maximum absolute atomic E-state index is 12.9. The van der Waals surface area contributed by atoms with Crippen LogP contribution in [0.15, 0.2) is 70.7 Å². The van der Waals surface area contributed by atoms with Crippen LogP contribution in [0.1, 0.15) is 23.6 Å². The third-order valence-electron chi connectivity index (χ3n) is 5.36. The fourth-order valence-electron chi connectivity index (χ4n) is 3.65. The molecule has 1 heterocycles. The molecule has 0 saturated heterocycles. The van der Waals surface area contributed by atoms with Gasteiger partial charge in [0.2, 0.25) is 10.0 Å². The lowest BCUT2D eigenvalue weighted by Gasteiger charge is -2.25. The number of benzene rings is 3. The second-order valence-electron chi connectivity index (χ2n) is 7.57. The van der Waals surface area contributed by atoms with Gasteiger partial charge in [0.25, 0.3) is 0 Å². The van der Waals surface area contributed by atoms with Gasteiger partial charge in [-0.05, 0) is 60.5 Å². The first-order valence-electron chi connectivity index (χ1n) is 9.96. The van der Waals surface area contributed by atoms with E-state index in [9.17, 15) is 8.42 Å². The summed E-state index contributed by atoms with van der Waals surface area (Å²) in [4.78, 5) is 0.139. The van der Waals surface area contributed by atoms with E-state index in [0.29, 0.717) is 43.5 Å². The van der Waals surface area contributed by atoms with E-state index in [1.807, 2.05) is 12.1 Å². The van der Waals surface area contributed by atoms with Crippen molar-refractivity contribution in [2.75, 3.05) is 11.6 Å². The molecular formula is C23H19Cl4N3O2S. The second-order valence-corrected chi connectivity index (χ2v) is 11.0. The molecule has 1 N–H and O–H groups in total. The Morgan fingerprint density at radius 2 is 1.67 bits per heavy atom. The highest BCUT2D eigenvalue weighted by Crippen LogP contribution is 2.39. The molecule has 10 heteroatoms. The summed E-state index contributed by atoms with van der Waals surface area (Å²) in [6.07, 6.45) is 0.498. The number of hydrogen-bond acceptors (Lipinski definition) is 4. The van der Waals surface area contributed by atoms with E-state index in [2.05, 4.69) is 4.72 Å². The molecule has 0 aromatic heterocycles. The predicted octanol–water partition coefficient (Wildman–Crippen LogP) is 6.89. The van der Waals surface area contributed by atoms with Gasteiger partial charge in [0.1, 0.15) is 0 Å². The van der Waals surface area contributed by atoms with E-state index in [1.54, 1.807) is 54.4 Å². The quantitative estimate of drug-likeness (QED) is 0.368. The molecule has 172 valence electrons. The molecule has 1 unspecified atom stereocenters. The molecule has 0 saturated carbocycles. The summed E-state index contributed by atoms with van der Waals surface area (Å²) in [6, 6.07) is 17.2. The lowest BCUT2D eigenvalue weighted by atomic mass is 10.0. The van der Waals surface area contributed by atoms with Crippen molar-refractivity contribution in [3.05, 3.63) is 91.9 Å². The summed E-state index contributed by atoms with van der Waals surface area (Å²) >= 11 is 24.7. The summed E-state index contributed by atoms with van der Waals surface area (Å²) < 4.78 is 28.5. The molecule has 3 aromatic carbocycles. The number of nitrogens with zero attached hydrogens (tertiary/aromatic N) is 2. The molecule has 1 aliphatic heterocycles. The number of halogens is 4. The van der Waals surface area contributed by atoms with Crippen LogP contribution in [0.3, 0.4) is 0 Å². The highest BCUT2D eigenvalue weighted by Gasteiger charge is 2.31. The van der Waals surface area contributed by atoms with Crippen molar-refractivity contribution in [2.24, 2.45) is 5.10 Å². The van der Waals surface area contributed by atoms with Gasteiger partial charge in [-0.2, -0.15) is 5.10 Å². The van der Waals surface area contributed by atoms with Crippen LogP contribution in [-0.2, 0) is 10.0 Å². The summed E-state index contributed by atoms with van der Waals surface area (Å²) in [5, 5.41) is 8.46. The standard InChI is InChI=1S/C23H19Cl4N3O2S/c1-14-19(26)3-2-4-23(14)33(31,32)28-13-18-12-22(15-5-7-16(24)8-6-15)30(29-18)21-10-9-17(25)11-20(21)27/h2-11,22,28H,12-13H2,1H3. The van der Waals surface area contributed by atoms with E-state index >= 15 is 0 Å². The minimum absolute atomic E-state index is 0.0418. The zero-order valence-corrected chi connectivity index (χ0v) is 21.2. The number of hydrogen-bond donors (Lipinski definition) is 1. The average molecular weight is 543 g/mol. The Labute approximate surface area is 213 Å². The van der Waals surface area contributed by atoms with Crippen molar-refractivity contribution < 1.29 is 8.42 Å². The monoisotopic (exact) mass is 541 g/mol. The van der Waals surface area contributed by atoms with Crippen LogP contribution in [0.2, 0.25) is 20.1 Å². The zero-order chi connectivity index (χ0) is 23.8. The van der Waals surface area contributed by atoms with E-state index < -0.39 is 10.0 Å². The zero-order valence-electron chi connectivity index (χ0n) is 17.4. The van der Waals surface area contributed by atoms with Crippen molar-refractivity contribution in [3.8, 4) is 0 Å². The van der Waals surface area contributed by atoms with Crippen LogP contribution in [0, 0.1) is 6.92 Å². The molecule has 5 nitrogen and oxygen atoms in total. The van der Waals surface area contributed by atoms with Gasteiger partial charge in [0.15, 0.2) is 0 Å². The number of rotatable bonds is 6. The first-order valence-corrected chi connectivity index (χ1v) is 13.0. The maximum Gasteiger partial charge on any atom is 0.241 e. The van der Waals surface area contributed by atoms with E-state index in [4.69, 9.17) is 51.5 Å². The molecule has 33 heavy (non-hydrogen) atoms. The Morgan fingerprint density at radius 1 is 0.970 bits per heavy atom. The molecule has 3 aromatic rings. The molecule has 0 bridgehead atoms. The van der Waals surface area contributed by atoms with Crippen LogP contribution in [0.5, 0.6) is 0 Å². The third kappa shape index (κ3) is 5.32. The van der Waals surface area contributed by atoms with Gasteiger partial charge in [0, 0.05) is 21.5 Å². The fraction of sp³-hybridized carbons (Fsp3) is 0.174. The largest absolute Gasteiger partial charge is 0.256 e. The SMILES string of the molecule is Cc1c(Cl)cccc1S(=O)(=O)NCC1=NN(c2ccc(Cl)cc2Cl)C(c2ccc(Cl)cc2)C1. The van der Waals surface area contributed by atoms with Gasteiger partial charge in [-0.25, -0.2) is 13.1 Å². The average Bonchev–Trinajstić information content (AvgIpc) is 3.19. The van der Waals surface area contributed by atoms with Crippen LogP contribution in [-0.4, -0.2) is 20.7 Å². The van der Waals surface area contributed by atoms with E-state index in [0.717, 1.165) is 5.56 Å². The Balaban J connectivity index is 1.63. The molecule has 1 atom stereocenters. The van der Waals surface area contributed by atoms with Crippen molar-refractivity contribution >= 4 is 67.8 Å². The Hall–Kier alpha value is -1.80. The molecular weight excluding hydrogens is 524 g/mol. The lowest BCUT2D eigenvalue weighted by Crippen LogP contribution is -2.29. The van der Waals surface area contributed by atoms with E-state index in [1.165, 1.54) is 6.07 Å². The molecule has 1 aliphatic rings. The summed E-state index contributed by atoms with van der Waals surface area (Å²) in [7, 11) is -3.78. The van der Waals surface area contributed by atoms with Gasteiger partial charge in [-0.3, -0.25) is 5.01 Å². The highest BCUT2D eigenvalue weighted by atomic mass is 35.5. The lowest BCUT2D eigenvalue weighted by molar-refractivity contribution is 0.585. The summed E-state index contributed by atoms with van der Waals surface area (Å²) in [5.41, 5.74) is 2.79. The van der Waals surface area contributed by atoms with Gasteiger partial charge in [-0.15, -0.1) is 0 Å². The van der Waals surface area contributed by atoms with Crippen LogP contribution >= 0.6 is 46.4 Å². The number of anilines is 1. The summed E-state index contributed by atoms with van der Waals surface area (Å²) in [5.74, 6) is 0. The van der Waals surface area contributed by atoms with Crippen molar-refractivity contribution in [2.45, 2.75) is 24.3 Å². The highest BCUT2D eigenvalue weighted by molar-refractivity contribution is 7.89. The molecule has 0 aliphatic carbocycles. The second kappa shape index (κ2) is 9.82. The Bertz CT molecular complexity index is 1330. The van der Waals surface area contributed by atoms with Gasteiger partial charge < -0.3 is 0 Å². The van der Waals surface area contributed by atoms with Gasteiger partial charge >= 0.3 is 0 Å². The number of hydrazone groups is 1.